The van der Waals surface area contributed by atoms with Crippen molar-refractivity contribution in [3.8, 4) is 0 Å². The second-order valence-electron chi connectivity index (χ2n) is 6.16. The summed E-state index contributed by atoms with van der Waals surface area (Å²) in [6.07, 6.45) is 2.11. The van der Waals surface area contributed by atoms with E-state index in [1.165, 1.54) is 16.7 Å². The Morgan fingerprint density at radius 2 is 1.57 bits per heavy atom. The highest BCUT2D eigenvalue weighted by Crippen LogP contribution is 2.31. The van der Waals surface area contributed by atoms with Gasteiger partial charge in [-0.05, 0) is 47.1 Å². The van der Waals surface area contributed by atoms with E-state index in [1.807, 2.05) is 12.1 Å². The molecule has 0 saturated carbocycles. The van der Waals surface area contributed by atoms with E-state index < -0.39 is 0 Å². The van der Waals surface area contributed by atoms with Crippen LogP contribution in [-0.2, 0) is 11.8 Å². The Balaban J connectivity index is 2.09. The fourth-order valence-corrected chi connectivity index (χ4v) is 3.10. The van der Waals surface area contributed by atoms with Gasteiger partial charge >= 0.3 is 0 Å². The van der Waals surface area contributed by atoms with Crippen molar-refractivity contribution >= 4 is 27.5 Å². The zero-order valence-electron chi connectivity index (χ0n) is 12.9. The third kappa shape index (κ3) is 4.34. The van der Waals surface area contributed by atoms with Crippen molar-refractivity contribution in [2.75, 3.05) is 0 Å². The number of benzene rings is 2. The Bertz CT molecular complexity index is 570. The van der Waals surface area contributed by atoms with Crippen molar-refractivity contribution in [3.63, 3.8) is 0 Å². The summed E-state index contributed by atoms with van der Waals surface area (Å²) in [5.41, 5.74) is 4.26. The molecular formula is C19H22BrCl. The minimum atomic E-state index is 0.247. The fourth-order valence-electron chi connectivity index (χ4n) is 2.29. The smallest absolute Gasteiger partial charge is 0.0435 e. The number of rotatable bonds is 5. The third-order valence-corrected chi connectivity index (χ3v) is 5.37. The van der Waals surface area contributed by atoms with Gasteiger partial charge in [0.05, 0.1) is 0 Å². The molecule has 112 valence electrons. The molecule has 0 saturated heterocycles. The van der Waals surface area contributed by atoms with Gasteiger partial charge in [-0.25, -0.2) is 0 Å². The molecule has 0 aliphatic rings. The van der Waals surface area contributed by atoms with Gasteiger partial charge in [-0.2, -0.15) is 0 Å². The summed E-state index contributed by atoms with van der Waals surface area (Å²) in [6.45, 7) is 6.82. The highest BCUT2D eigenvalue weighted by Gasteiger charge is 2.18. The molecule has 2 aromatic carbocycles. The molecule has 2 heteroatoms. The molecule has 0 radical (unpaired) electrons. The molecule has 0 aromatic heterocycles. The van der Waals surface area contributed by atoms with Gasteiger partial charge in [0.25, 0.3) is 0 Å². The average molecular weight is 366 g/mol. The number of alkyl halides is 1. The minimum absolute atomic E-state index is 0.247. The molecule has 0 spiro atoms. The van der Waals surface area contributed by atoms with Gasteiger partial charge < -0.3 is 0 Å². The van der Waals surface area contributed by atoms with Gasteiger partial charge in [0.2, 0.25) is 0 Å². The van der Waals surface area contributed by atoms with Crippen LogP contribution in [-0.4, -0.2) is 0 Å². The van der Waals surface area contributed by atoms with E-state index in [9.17, 15) is 0 Å². The molecule has 21 heavy (non-hydrogen) atoms. The van der Waals surface area contributed by atoms with Crippen LogP contribution in [0.1, 0.15) is 48.7 Å². The lowest BCUT2D eigenvalue weighted by Crippen LogP contribution is -2.15. The molecule has 0 N–H and O–H groups in total. The largest absolute Gasteiger partial charge is 0.0843 e. The molecule has 0 fully saturated rings. The van der Waals surface area contributed by atoms with Crippen LogP contribution in [0.15, 0.2) is 48.5 Å². The van der Waals surface area contributed by atoms with Crippen LogP contribution >= 0.6 is 27.5 Å². The Morgan fingerprint density at radius 1 is 1.00 bits per heavy atom. The van der Waals surface area contributed by atoms with Gasteiger partial charge in [0.15, 0.2) is 0 Å². The van der Waals surface area contributed by atoms with Crippen LogP contribution in [0.2, 0.25) is 5.02 Å². The lowest BCUT2D eigenvalue weighted by atomic mass is 9.82. The minimum Gasteiger partial charge on any atom is -0.0843 e. The lowest BCUT2D eigenvalue weighted by molar-refractivity contribution is 0.506. The summed E-state index contributed by atoms with van der Waals surface area (Å²) in [4.78, 5) is 0.331. The summed E-state index contributed by atoms with van der Waals surface area (Å²) in [5.74, 6) is 0. The summed E-state index contributed by atoms with van der Waals surface area (Å²) in [6, 6.07) is 17.1. The van der Waals surface area contributed by atoms with E-state index in [0.29, 0.717) is 4.83 Å². The van der Waals surface area contributed by atoms with E-state index in [4.69, 9.17) is 11.6 Å². The normalized spacial score (nSPS) is 13.2. The average Bonchev–Trinajstić information content (AvgIpc) is 2.49. The first-order valence-electron chi connectivity index (χ1n) is 7.41. The first-order valence-corrected chi connectivity index (χ1v) is 8.70. The monoisotopic (exact) mass is 364 g/mol. The Labute approximate surface area is 141 Å². The molecule has 0 amide bonds. The Kier molecular flexibility index (Phi) is 5.51. The van der Waals surface area contributed by atoms with Crippen molar-refractivity contribution in [2.24, 2.45) is 0 Å². The van der Waals surface area contributed by atoms with Crippen LogP contribution in [0.25, 0.3) is 0 Å². The van der Waals surface area contributed by atoms with E-state index in [-0.39, 0.29) is 5.41 Å². The molecule has 1 unspecified atom stereocenters. The quantitative estimate of drug-likeness (QED) is 0.517. The second-order valence-corrected chi connectivity index (χ2v) is 7.70. The zero-order valence-corrected chi connectivity index (χ0v) is 15.2. The maximum atomic E-state index is 5.93. The highest BCUT2D eigenvalue weighted by molar-refractivity contribution is 9.09. The summed E-state index contributed by atoms with van der Waals surface area (Å²) in [7, 11) is 0. The zero-order chi connectivity index (χ0) is 15.5. The molecule has 0 aliphatic carbocycles. The Morgan fingerprint density at radius 3 is 2.10 bits per heavy atom. The van der Waals surface area contributed by atoms with E-state index >= 15 is 0 Å². The van der Waals surface area contributed by atoms with Gasteiger partial charge in [-0.3, -0.25) is 0 Å². The fraction of sp³-hybridized carbons (Fsp3) is 0.368. The number of hydrogen-bond acceptors (Lipinski definition) is 0. The van der Waals surface area contributed by atoms with Crippen molar-refractivity contribution < 1.29 is 0 Å². The number of halogens is 2. The standard InChI is InChI=1S/C19H22BrCl/c1-4-19(2,3)16-9-7-15(8-10-16)18(20)13-14-5-11-17(21)12-6-14/h5-12,18H,4,13H2,1-3H3. The first kappa shape index (κ1) is 16.6. The van der Waals surface area contributed by atoms with E-state index in [0.717, 1.165) is 17.9 Å². The summed E-state index contributed by atoms with van der Waals surface area (Å²) in [5, 5.41) is 0.788. The molecule has 1 atom stereocenters. The van der Waals surface area contributed by atoms with Crippen LogP contribution in [0, 0.1) is 0 Å². The summed E-state index contributed by atoms with van der Waals surface area (Å²) >= 11 is 9.73. The van der Waals surface area contributed by atoms with Gasteiger partial charge in [-0.15, -0.1) is 0 Å². The molecule has 0 aliphatic heterocycles. The van der Waals surface area contributed by atoms with Gasteiger partial charge in [0, 0.05) is 9.85 Å². The van der Waals surface area contributed by atoms with Crippen molar-refractivity contribution in [3.05, 3.63) is 70.2 Å². The van der Waals surface area contributed by atoms with Crippen LogP contribution in [0.4, 0.5) is 0 Å². The van der Waals surface area contributed by atoms with Crippen molar-refractivity contribution in [2.45, 2.75) is 43.9 Å². The maximum absolute atomic E-state index is 5.93. The summed E-state index contributed by atoms with van der Waals surface area (Å²) < 4.78 is 0. The van der Waals surface area contributed by atoms with Crippen LogP contribution in [0.5, 0.6) is 0 Å². The van der Waals surface area contributed by atoms with Crippen molar-refractivity contribution in [1.82, 2.24) is 0 Å². The predicted octanol–water partition coefficient (Wildman–Crippen LogP) is 6.71. The molecular weight excluding hydrogens is 344 g/mol. The highest BCUT2D eigenvalue weighted by atomic mass is 79.9. The lowest BCUT2D eigenvalue weighted by Gasteiger charge is -2.24. The molecule has 2 rings (SSSR count). The predicted molar refractivity (Wildman–Crippen MR) is 96.6 cm³/mol. The number of hydrogen-bond donors (Lipinski definition) is 0. The Hall–Kier alpha value is -0.790. The van der Waals surface area contributed by atoms with Crippen LogP contribution in [0.3, 0.4) is 0 Å². The SMILES string of the molecule is CCC(C)(C)c1ccc(C(Br)Cc2ccc(Cl)cc2)cc1. The molecule has 2 aromatic rings. The molecule has 0 nitrogen and oxygen atoms in total. The van der Waals surface area contributed by atoms with Crippen LogP contribution < -0.4 is 0 Å². The van der Waals surface area contributed by atoms with E-state index in [1.54, 1.807) is 0 Å². The molecule has 0 bridgehead atoms. The maximum Gasteiger partial charge on any atom is 0.0435 e. The van der Waals surface area contributed by atoms with Crippen molar-refractivity contribution in [1.29, 1.82) is 0 Å². The molecule has 0 heterocycles. The van der Waals surface area contributed by atoms with Gasteiger partial charge in [-0.1, -0.05) is 84.7 Å². The first-order chi connectivity index (χ1) is 9.92. The second kappa shape index (κ2) is 6.98. The van der Waals surface area contributed by atoms with Gasteiger partial charge in [0.1, 0.15) is 0 Å². The van der Waals surface area contributed by atoms with E-state index in [2.05, 4.69) is 73.1 Å². The topological polar surface area (TPSA) is 0 Å². The third-order valence-electron chi connectivity index (χ3n) is 4.27.